The highest BCUT2D eigenvalue weighted by atomic mass is 19.1. The number of hydrogen-bond acceptors (Lipinski definition) is 1. The van der Waals surface area contributed by atoms with Crippen molar-refractivity contribution < 1.29 is 4.39 Å². The summed E-state index contributed by atoms with van der Waals surface area (Å²) < 4.78 is 13.1. The lowest BCUT2D eigenvalue weighted by molar-refractivity contribution is 0.244. The normalized spacial score (nSPS) is 38.5. The fourth-order valence-electron chi connectivity index (χ4n) is 2.20. The number of alkyl halides is 1. The summed E-state index contributed by atoms with van der Waals surface area (Å²) in [5, 5.41) is 0. The van der Waals surface area contributed by atoms with E-state index in [2.05, 4.69) is 0 Å². The topological polar surface area (TPSA) is 26.0 Å². The van der Waals surface area contributed by atoms with Crippen LogP contribution in [0.2, 0.25) is 0 Å². The van der Waals surface area contributed by atoms with Crippen LogP contribution in [0.4, 0.5) is 4.39 Å². The number of hydrogen-bond donors (Lipinski definition) is 1. The van der Waals surface area contributed by atoms with Crippen molar-refractivity contribution in [1.29, 1.82) is 0 Å². The smallest absolute Gasteiger partial charge is 0.103 e. The summed E-state index contributed by atoms with van der Waals surface area (Å²) >= 11 is 0. The molecule has 2 fully saturated rings. The van der Waals surface area contributed by atoms with Gasteiger partial charge in [-0.3, -0.25) is 0 Å². The molecular formula is C10H18FN. The fourth-order valence-corrected chi connectivity index (χ4v) is 2.20. The summed E-state index contributed by atoms with van der Waals surface area (Å²) in [7, 11) is 0. The van der Waals surface area contributed by atoms with E-state index < -0.39 is 6.17 Å². The van der Waals surface area contributed by atoms with E-state index in [1.807, 2.05) is 0 Å². The van der Waals surface area contributed by atoms with Crippen LogP contribution >= 0.6 is 0 Å². The molecule has 1 nitrogen and oxygen atoms in total. The van der Waals surface area contributed by atoms with Gasteiger partial charge in [0, 0.05) is 5.54 Å². The van der Waals surface area contributed by atoms with Crippen molar-refractivity contribution in [2.75, 3.05) is 0 Å². The van der Waals surface area contributed by atoms with E-state index in [-0.39, 0.29) is 5.54 Å². The van der Waals surface area contributed by atoms with E-state index in [0.29, 0.717) is 5.92 Å². The second-order valence-electron chi connectivity index (χ2n) is 4.61. The summed E-state index contributed by atoms with van der Waals surface area (Å²) in [4.78, 5) is 0. The third-order valence-corrected chi connectivity index (χ3v) is 3.47. The van der Waals surface area contributed by atoms with Crippen LogP contribution in [0.5, 0.6) is 0 Å². The van der Waals surface area contributed by atoms with Gasteiger partial charge in [-0.1, -0.05) is 6.42 Å². The molecule has 2 unspecified atom stereocenters. The average molecular weight is 171 g/mol. The highest BCUT2D eigenvalue weighted by Gasteiger charge is 2.39. The van der Waals surface area contributed by atoms with Gasteiger partial charge in [-0.2, -0.15) is 0 Å². The molecule has 0 aromatic carbocycles. The molecule has 70 valence electrons. The Morgan fingerprint density at radius 3 is 2.58 bits per heavy atom. The molecule has 0 aromatic rings. The first-order valence-corrected chi connectivity index (χ1v) is 5.13. The lowest BCUT2D eigenvalue weighted by atomic mass is 9.97. The standard InChI is InChI=1S/C10H18FN/c11-9-3-1-2-8(9)4-5-10(12)6-7-10/h8-9H,1-7,12H2. The summed E-state index contributed by atoms with van der Waals surface area (Å²) in [6.07, 6.45) is 6.86. The van der Waals surface area contributed by atoms with Crippen molar-refractivity contribution in [3.63, 3.8) is 0 Å². The van der Waals surface area contributed by atoms with Crippen LogP contribution in [-0.2, 0) is 0 Å². The predicted molar refractivity (Wildman–Crippen MR) is 47.6 cm³/mol. The van der Waals surface area contributed by atoms with Crippen molar-refractivity contribution >= 4 is 0 Å². The molecule has 0 saturated heterocycles. The van der Waals surface area contributed by atoms with Crippen LogP contribution < -0.4 is 5.73 Å². The fraction of sp³-hybridized carbons (Fsp3) is 1.00. The predicted octanol–water partition coefficient (Wildman–Crippen LogP) is 2.40. The Morgan fingerprint density at radius 1 is 1.33 bits per heavy atom. The quantitative estimate of drug-likeness (QED) is 0.693. The van der Waals surface area contributed by atoms with Gasteiger partial charge in [0.1, 0.15) is 6.17 Å². The molecule has 2 saturated carbocycles. The summed E-state index contributed by atoms with van der Waals surface area (Å²) in [5.74, 6) is 0.339. The second-order valence-corrected chi connectivity index (χ2v) is 4.61. The number of rotatable bonds is 3. The highest BCUT2D eigenvalue weighted by molar-refractivity contribution is 4.99. The molecule has 0 aromatic heterocycles. The highest BCUT2D eigenvalue weighted by Crippen LogP contribution is 2.40. The third-order valence-electron chi connectivity index (χ3n) is 3.47. The maximum Gasteiger partial charge on any atom is 0.103 e. The molecule has 0 radical (unpaired) electrons. The summed E-state index contributed by atoms with van der Waals surface area (Å²) in [6.45, 7) is 0. The van der Waals surface area contributed by atoms with Crippen LogP contribution in [0.3, 0.4) is 0 Å². The zero-order chi connectivity index (χ0) is 8.60. The van der Waals surface area contributed by atoms with Gasteiger partial charge in [0.05, 0.1) is 0 Å². The maximum atomic E-state index is 13.1. The summed E-state index contributed by atoms with van der Waals surface area (Å²) in [5.41, 5.74) is 6.07. The Kier molecular flexibility index (Phi) is 2.11. The molecule has 2 atom stereocenters. The number of nitrogens with two attached hydrogens (primary N) is 1. The Hall–Kier alpha value is -0.110. The zero-order valence-electron chi connectivity index (χ0n) is 7.56. The second kappa shape index (κ2) is 2.99. The van der Waals surface area contributed by atoms with Crippen LogP contribution in [0.15, 0.2) is 0 Å². The van der Waals surface area contributed by atoms with Crippen LogP contribution in [0, 0.1) is 5.92 Å². The Bertz CT molecular complexity index is 165. The van der Waals surface area contributed by atoms with Crippen molar-refractivity contribution in [1.82, 2.24) is 0 Å². The molecule has 2 rings (SSSR count). The minimum absolute atomic E-state index is 0.127. The third kappa shape index (κ3) is 1.79. The van der Waals surface area contributed by atoms with Crippen molar-refractivity contribution in [2.45, 2.75) is 56.7 Å². The van der Waals surface area contributed by atoms with E-state index in [0.717, 1.165) is 44.9 Å². The van der Waals surface area contributed by atoms with Gasteiger partial charge in [-0.05, 0) is 44.4 Å². The molecule has 0 aliphatic heterocycles. The average Bonchev–Trinajstić information content (AvgIpc) is 2.61. The molecule has 0 heterocycles. The molecular weight excluding hydrogens is 153 g/mol. The van der Waals surface area contributed by atoms with Crippen LogP contribution in [-0.4, -0.2) is 11.7 Å². The molecule has 0 bridgehead atoms. The van der Waals surface area contributed by atoms with Gasteiger partial charge >= 0.3 is 0 Å². The van der Waals surface area contributed by atoms with Gasteiger partial charge in [0.15, 0.2) is 0 Å². The lowest BCUT2D eigenvalue weighted by Gasteiger charge is -2.15. The van der Waals surface area contributed by atoms with Crippen LogP contribution in [0.1, 0.15) is 44.9 Å². The lowest BCUT2D eigenvalue weighted by Crippen LogP contribution is -2.23. The van der Waals surface area contributed by atoms with Crippen molar-refractivity contribution in [2.24, 2.45) is 11.7 Å². The van der Waals surface area contributed by atoms with Gasteiger partial charge in [-0.15, -0.1) is 0 Å². The van der Waals surface area contributed by atoms with Gasteiger partial charge < -0.3 is 5.73 Å². The molecule has 12 heavy (non-hydrogen) atoms. The van der Waals surface area contributed by atoms with Crippen LogP contribution in [0.25, 0.3) is 0 Å². The molecule has 2 aliphatic rings. The van der Waals surface area contributed by atoms with Gasteiger partial charge in [0.25, 0.3) is 0 Å². The maximum absolute atomic E-state index is 13.1. The molecule has 2 heteroatoms. The molecule has 0 amide bonds. The van der Waals surface area contributed by atoms with E-state index in [4.69, 9.17) is 5.73 Å². The van der Waals surface area contributed by atoms with E-state index >= 15 is 0 Å². The monoisotopic (exact) mass is 171 g/mol. The van der Waals surface area contributed by atoms with Gasteiger partial charge in [-0.25, -0.2) is 4.39 Å². The Balaban J connectivity index is 1.72. The van der Waals surface area contributed by atoms with Gasteiger partial charge in [0.2, 0.25) is 0 Å². The SMILES string of the molecule is NC1(CCC2CCCC2F)CC1. The van der Waals surface area contributed by atoms with E-state index in [1.54, 1.807) is 0 Å². The molecule has 2 aliphatic carbocycles. The minimum atomic E-state index is -0.521. The number of halogens is 1. The van der Waals surface area contributed by atoms with E-state index in [1.165, 1.54) is 0 Å². The van der Waals surface area contributed by atoms with Crippen molar-refractivity contribution in [3.8, 4) is 0 Å². The first-order chi connectivity index (χ1) is 5.70. The summed E-state index contributed by atoms with van der Waals surface area (Å²) in [6, 6.07) is 0. The largest absolute Gasteiger partial charge is 0.325 e. The Morgan fingerprint density at radius 2 is 2.08 bits per heavy atom. The molecule has 0 spiro atoms. The minimum Gasteiger partial charge on any atom is -0.325 e. The van der Waals surface area contributed by atoms with E-state index in [9.17, 15) is 4.39 Å². The first kappa shape index (κ1) is 8.49. The van der Waals surface area contributed by atoms with Crippen molar-refractivity contribution in [3.05, 3.63) is 0 Å². The Labute approximate surface area is 73.5 Å². The molecule has 2 N–H and O–H groups in total. The zero-order valence-corrected chi connectivity index (χ0v) is 7.56. The first-order valence-electron chi connectivity index (χ1n) is 5.13.